The second-order valence-corrected chi connectivity index (χ2v) is 6.98. The van der Waals surface area contributed by atoms with Gasteiger partial charge in [0.15, 0.2) is 10.1 Å². The molecular weight excluding hydrogens is 350 g/mol. The summed E-state index contributed by atoms with van der Waals surface area (Å²) in [5.41, 5.74) is 1.89. The summed E-state index contributed by atoms with van der Waals surface area (Å²) < 4.78 is 10.4. The Balaban J connectivity index is 1.95. The summed E-state index contributed by atoms with van der Waals surface area (Å²) in [5, 5.41) is 11.8. The normalized spacial score (nSPS) is 10.3. The lowest BCUT2D eigenvalue weighted by Crippen LogP contribution is -2.10. The number of ether oxygens (including phenoxy) is 2. The van der Waals surface area contributed by atoms with Gasteiger partial charge in [0, 0.05) is 0 Å². The number of hydrogen-bond acceptors (Lipinski definition) is 9. The zero-order valence-electron chi connectivity index (χ0n) is 13.5. The summed E-state index contributed by atoms with van der Waals surface area (Å²) in [7, 11) is 2.86. The Bertz CT molecular complexity index is 733. The summed E-state index contributed by atoms with van der Waals surface area (Å²) in [6.07, 6.45) is -0.228. The number of aromatic nitrogens is 2. The lowest BCUT2D eigenvalue weighted by Gasteiger charge is -2.09. The highest BCUT2D eigenvalue weighted by atomic mass is 32.2. The van der Waals surface area contributed by atoms with Gasteiger partial charge in [-0.2, -0.15) is 0 Å². The molecule has 0 bridgehead atoms. The van der Waals surface area contributed by atoms with Crippen molar-refractivity contribution in [1.82, 2.24) is 10.2 Å². The molecular formula is C15H17N3O4S2. The monoisotopic (exact) mass is 367 g/mol. The van der Waals surface area contributed by atoms with E-state index in [9.17, 15) is 9.59 Å². The van der Waals surface area contributed by atoms with Gasteiger partial charge in [0.2, 0.25) is 5.13 Å². The van der Waals surface area contributed by atoms with Crippen molar-refractivity contribution in [3.05, 3.63) is 23.8 Å². The molecule has 0 amide bonds. The zero-order chi connectivity index (χ0) is 17.5. The van der Waals surface area contributed by atoms with Crippen LogP contribution in [0.1, 0.15) is 12.0 Å². The quantitative estimate of drug-likeness (QED) is 0.433. The van der Waals surface area contributed by atoms with Gasteiger partial charge in [-0.25, -0.2) is 0 Å². The van der Waals surface area contributed by atoms with E-state index in [0.717, 1.165) is 11.3 Å². The predicted molar refractivity (Wildman–Crippen MR) is 93.3 cm³/mol. The summed E-state index contributed by atoms with van der Waals surface area (Å²) in [6, 6.07) is 5.78. The minimum Gasteiger partial charge on any atom is -0.495 e. The summed E-state index contributed by atoms with van der Waals surface area (Å²) >= 11 is 2.57. The van der Waals surface area contributed by atoms with Crippen molar-refractivity contribution in [2.45, 2.75) is 17.7 Å². The minimum absolute atomic E-state index is 0.150. The van der Waals surface area contributed by atoms with E-state index in [0.29, 0.717) is 15.2 Å². The summed E-state index contributed by atoms with van der Waals surface area (Å²) in [6.45, 7) is 1.99. The van der Waals surface area contributed by atoms with Gasteiger partial charge in [0.25, 0.3) is 0 Å². The Morgan fingerprint density at radius 2 is 2.08 bits per heavy atom. The van der Waals surface area contributed by atoms with E-state index in [1.807, 2.05) is 25.1 Å². The van der Waals surface area contributed by atoms with Crippen LogP contribution < -0.4 is 10.1 Å². The molecule has 1 heterocycles. The molecule has 1 N–H and O–H groups in total. The van der Waals surface area contributed by atoms with Crippen LogP contribution in [0.5, 0.6) is 5.75 Å². The Hall–Kier alpha value is -2.13. The standard InChI is InChI=1S/C15H17N3O4S2/c1-9-4-5-12(21-2)11(6-9)16-14-17-18-15(24-14)23-8-10(19)7-13(20)22-3/h4-6H,7-8H2,1-3H3,(H,16,17). The second kappa shape index (κ2) is 8.65. The molecule has 0 saturated heterocycles. The molecule has 2 aromatic rings. The van der Waals surface area contributed by atoms with Gasteiger partial charge in [0.1, 0.15) is 12.2 Å². The maximum Gasteiger partial charge on any atom is 0.313 e. The Morgan fingerprint density at radius 1 is 1.29 bits per heavy atom. The number of thioether (sulfide) groups is 1. The van der Waals surface area contributed by atoms with E-state index in [2.05, 4.69) is 20.3 Å². The van der Waals surface area contributed by atoms with E-state index in [1.54, 1.807) is 7.11 Å². The number of Topliss-reactive ketones (excluding diaryl/α,β-unsaturated/α-hetero) is 1. The first-order valence-electron chi connectivity index (χ1n) is 6.98. The number of esters is 1. The number of aryl methyl sites for hydroxylation is 1. The Labute approximate surface area is 147 Å². The summed E-state index contributed by atoms with van der Waals surface area (Å²) in [4.78, 5) is 22.6. The van der Waals surface area contributed by atoms with Crippen molar-refractivity contribution in [3.63, 3.8) is 0 Å². The van der Waals surface area contributed by atoms with Crippen LogP contribution in [-0.2, 0) is 14.3 Å². The third kappa shape index (κ3) is 5.20. The highest BCUT2D eigenvalue weighted by Gasteiger charge is 2.13. The van der Waals surface area contributed by atoms with Crippen LogP contribution in [-0.4, -0.2) is 41.9 Å². The van der Waals surface area contributed by atoms with Crippen LogP contribution in [0.4, 0.5) is 10.8 Å². The summed E-state index contributed by atoms with van der Waals surface area (Å²) in [5.74, 6) is 0.110. The number of ketones is 1. The SMILES string of the molecule is COC(=O)CC(=O)CSc1nnc(Nc2cc(C)ccc2OC)s1. The highest BCUT2D eigenvalue weighted by molar-refractivity contribution is 8.01. The number of nitrogens with one attached hydrogen (secondary N) is 1. The molecule has 0 atom stereocenters. The molecule has 128 valence electrons. The van der Waals surface area contributed by atoms with E-state index >= 15 is 0 Å². The van der Waals surface area contributed by atoms with Crippen molar-refractivity contribution in [3.8, 4) is 5.75 Å². The van der Waals surface area contributed by atoms with Crippen LogP contribution in [0.15, 0.2) is 22.5 Å². The third-order valence-electron chi connectivity index (χ3n) is 2.93. The molecule has 0 saturated carbocycles. The van der Waals surface area contributed by atoms with Crippen molar-refractivity contribution >= 4 is 45.7 Å². The molecule has 1 aromatic heterocycles. The third-order valence-corrected chi connectivity index (χ3v) is 4.96. The molecule has 0 aliphatic rings. The van der Waals surface area contributed by atoms with Crippen molar-refractivity contribution in [1.29, 1.82) is 0 Å². The van der Waals surface area contributed by atoms with Gasteiger partial charge < -0.3 is 14.8 Å². The number of anilines is 2. The molecule has 2 rings (SSSR count). The van der Waals surface area contributed by atoms with Gasteiger partial charge in [-0.1, -0.05) is 29.2 Å². The zero-order valence-corrected chi connectivity index (χ0v) is 15.1. The van der Waals surface area contributed by atoms with Crippen molar-refractivity contribution in [2.75, 3.05) is 25.3 Å². The maximum atomic E-state index is 11.6. The number of nitrogens with zero attached hydrogens (tertiary/aromatic N) is 2. The maximum absolute atomic E-state index is 11.6. The van der Waals surface area contributed by atoms with E-state index in [-0.39, 0.29) is 18.0 Å². The molecule has 7 nitrogen and oxygen atoms in total. The van der Waals surface area contributed by atoms with Crippen molar-refractivity contribution in [2.24, 2.45) is 0 Å². The lowest BCUT2D eigenvalue weighted by molar-refractivity contribution is -0.142. The molecule has 24 heavy (non-hydrogen) atoms. The van der Waals surface area contributed by atoms with Gasteiger partial charge >= 0.3 is 5.97 Å². The first-order chi connectivity index (χ1) is 11.5. The van der Waals surface area contributed by atoms with Crippen LogP contribution in [0.2, 0.25) is 0 Å². The Kier molecular flexibility index (Phi) is 6.56. The van der Waals surface area contributed by atoms with E-state index in [4.69, 9.17) is 4.74 Å². The predicted octanol–water partition coefficient (Wildman–Crippen LogP) is 2.82. The minimum atomic E-state index is -0.535. The van der Waals surface area contributed by atoms with Crippen LogP contribution in [0, 0.1) is 6.92 Å². The molecule has 0 radical (unpaired) electrons. The number of hydrogen-bond donors (Lipinski definition) is 1. The fraction of sp³-hybridized carbons (Fsp3) is 0.333. The van der Waals surface area contributed by atoms with Gasteiger partial charge in [-0.3, -0.25) is 9.59 Å². The second-order valence-electron chi connectivity index (χ2n) is 4.78. The molecule has 0 aliphatic carbocycles. The average Bonchev–Trinajstić information content (AvgIpc) is 3.00. The fourth-order valence-electron chi connectivity index (χ4n) is 1.78. The van der Waals surface area contributed by atoms with Crippen LogP contribution in [0.25, 0.3) is 0 Å². The molecule has 0 aliphatic heterocycles. The molecule has 0 unspecified atom stereocenters. The number of carbonyl (C=O) groups excluding carboxylic acids is 2. The highest BCUT2D eigenvalue weighted by Crippen LogP contribution is 2.32. The van der Waals surface area contributed by atoms with E-state index < -0.39 is 5.97 Å². The lowest BCUT2D eigenvalue weighted by atomic mass is 10.2. The smallest absolute Gasteiger partial charge is 0.313 e. The topological polar surface area (TPSA) is 90.4 Å². The van der Waals surface area contributed by atoms with Gasteiger partial charge in [-0.15, -0.1) is 10.2 Å². The largest absolute Gasteiger partial charge is 0.495 e. The van der Waals surface area contributed by atoms with Crippen LogP contribution >= 0.6 is 23.1 Å². The number of carbonyl (C=O) groups is 2. The molecule has 0 spiro atoms. The van der Waals surface area contributed by atoms with Crippen LogP contribution in [0.3, 0.4) is 0 Å². The van der Waals surface area contributed by atoms with Gasteiger partial charge in [0.05, 0.1) is 25.7 Å². The number of rotatable bonds is 8. The molecule has 1 aromatic carbocycles. The molecule has 9 heteroatoms. The fourth-order valence-corrected chi connectivity index (χ4v) is 3.40. The average molecular weight is 367 g/mol. The number of methoxy groups -OCH3 is 2. The Morgan fingerprint density at radius 3 is 2.79 bits per heavy atom. The molecule has 0 fully saturated rings. The van der Waals surface area contributed by atoms with Crippen molar-refractivity contribution < 1.29 is 19.1 Å². The number of benzene rings is 1. The van der Waals surface area contributed by atoms with Gasteiger partial charge in [-0.05, 0) is 24.6 Å². The first-order valence-corrected chi connectivity index (χ1v) is 8.78. The van der Waals surface area contributed by atoms with E-state index in [1.165, 1.54) is 30.2 Å². The first kappa shape index (κ1) is 18.2.